The Hall–Kier alpha value is -2.13. The van der Waals surface area contributed by atoms with Gasteiger partial charge >= 0.3 is 0 Å². The molecule has 0 saturated heterocycles. The molecular formula is C20H27Cl2N5O3. The number of primary amides is 1. The molecule has 164 valence electrons. The van der Waals surface area contributed by atoms with Gasteiger partial charge in [0.05, 0.1) is 15.7 Å². The smallest absolute Gasteiger partial charge is 0.251 e. The highest BCUT2D eigenvalue weighted by molar-refractivity contribution is 6.42. The van der Waals surface area contributed by atoms with Crippen molar-refractivity contribution in [2.75, 3.05) is 13.2 Å². The van der Waals surface area contributed by atoms with Crippen molar-refractivity contribution in [1.29, 1.82) is 5.41 Å². The molecule has 1 heterocycles. The lowest BCUT2D eigenvalue weighted by molar-refractivity contribution is -0.122. The fourth-order valence-corrected chi connectivity index (χ4v) is 3.32. The Kier molecular flexibility index (Phi) is 10.1. The van der Waals surface area contributed by atoms with Gasteiger partial charge in [-0.05, 0) is 37.0 Å². The molecule has 1 aromatic carbocycles. The minimum absolute atomic E-state index is 0.0539. The molecule has 1 aromatic rings. The van der Waals surface area contributed by atoms with E-state index in [1.165, 1.54) is 6.21 Å². The number of allylic oxidation sites excluding steroid dienone is 1. The average molecular weight is 456 g/mol. The van der Waals surface area contributed by atoms with Crippen LogP contribution in [0.4, 0.5) is 0 Å². The highest BCUT2D eigenvalue weighted by atomic mass is 35.5. The standard InChI is InChI=1S/C20H27Cl2N5O3/c21-15-7-6-13(9-16(15)22)11-25-20-26-17(10-23)14(19(29)27-20)5-3-1-2-4-8-30-12-18(24)28/h6-7,9-10,20,23,25-26H,1-5,8,11-12H2,(H2,24,28)(H,27,29). The Bertz CT molecular complexity index is 801. The van der Waals surface area contributed by atoms with Gasteiger partial charge in [0, 0.05) is 24.9 Å². The van der Waals surface area contributed by atoms with Crippen molar-refractivity contribution in [2.45, 2.75) is 44.9 Å². The molecule has 1 aliphatic rings. The maximum absolute atomic E-state index is 12.5. The van der Waals surface area contributed by atoms with Crippen LogP contribution in [0.5, 0.6) is 0 Å². The van der Waals surface area contributed by atoms with E-state index in [1.807, 2.05) is 6.07 Å². The molecule has 6 N–H and O–H groups in total. The van der Waals surface area contributed by atoms with Crippen molar-refractivity contribution in [3.05, 3.63) is 45.1 Å². The fourth-order valence-electron chi connectivity index (χ4n) is 3.00. The van der Waals surface area contributed by atoms with E-state index in [-0.39, 0.29) is 12.5 Å². The van der Waals surface area contributed by atoms with Gasteiger partial charge in [0.2, 0.25) is 5.91 Å². The zero-order chi connectivity index (χ0) is 21.9. The first-order chi connectivity index (χ1) is 14.4. The Morgan fingerprint density at radius 1 is 1.20 bits per heavy atom. The maximum Gasteiger partial charge on any atom is 0.251 e. The topological polar surface area (TPSA) is 129 Å². The maximum atomic E-state index is 12.5. The van der Waals surface area contributed by atoms with E-state index in [4.69, 9.17) is 39.1 Å². The number of nitrogens with one attached hydrogen (secondary N) is 4. The summed E-state index contributed by atoms with van der Waals surface area (Å²) in [5, 5.41) is 17.8. The SMILES string of the molecule is N=CC1=C(CCCCCCOCC(N)=O)C(=O)NC(NCc2ccc(Cl)c(Cl)c2)N1. The minimum atomic E-state index is -0.491. The number of unbranched alkanes of at least 4 members (excludes halogenated alkanes) is 3. The number of hydrogen-bond donors (Lipinski definition) is 5. The van der Waals surface area contributed by atoms with Crippen LogP contribution in [0.15, 0.2) is 29.5 Å². The third-order valence-electron chi connectivity index (χ3n) is 4.52. The number of carbonyl (C=O) groups is 2. The molecule has 1 atom stereocenters. The van der Waals surface area contributed by atoms with Gasteiger partial charge in [-0.1, -0.05) is 42.1 Å². The van der Waals surface area contributed by atoms with E-state index in [2.05, 4.69) is 16.0 Å². The van der Waals surface area contributed by atoms with Gasteiger partial charge in [-0.15, -0.1) is 0 Å². The van der Waals surface area contributed by atoms with Crippen LogP contribution in [0.1, 0.15) is 37.7 Å². The lowest BCUT2D eigenvalue weighted by Crippen LogP contribution is -2.58. The number of ether oxygens (including phenoxy) is 1. The molecule has 0 aliphatic carbocycles. The van der Waals surface area contributed by atoms with Crippen molar-refractivity contribution in [2.24, 2.45) is 5.73 Å². The lowest BCUT2D eigenvalue weighted by atomic mass is 10.0. The summed E-state index contributed by atoms with van der Waals surface area (Å²) < 4.78 is 5.11. The van der Waals surface area contributed by atoms with Crippen molar-refractivity contribution < 1.29 is 14.3 Å². The number of benzene rings is 1. The van der Waals surface area contributed by atoms with Crippen LogP contribution in [0.25, 0.3) is 0 Å². The molecule has 0 saturated carbocycles. The van der Waals surface area contributed by atoms with Crippen molar-refractivity contribution >= 4 is 41.2 Å². The third kappa shape index (κ3) is 7.95. The molecule has 8 nitrogen and oxygen atoms in total. The molecule has 30 heavy (non-hydrogen) atoms. The van der Waals surface area contributed by atoms with Gasteiger partial charge in [0.1, 0.15) is 6.61 Å². The van der Waals surface area contributed by atoms with Crippen LogP contribution in [-0.2, 0) is 20.9 Å². The minimum Gasteiger partial charge on any atom is -0.372 e. The summed E-state index contributed by atoms with van der Waals surface area (Å²) in [4.78, 5) is 23.1. The van der Waals surface area contributed by atoms with Crippen molar-refractivity contribution in [1.82, 2.24) is 16.0 Å². The molecule has 0 radical (unpaired) electrons. The second kappa shape index (κ2) is 12.5. The summed E-state index contributed by atoms with van der Waals surface area (Å²) in [5.41, 5.74) is 7.00. The van der Waals surface area contributed by atoms with Crippen LogP contribution in [0.3, 0.4) is 0 Å². The van der Waals surface area contributed by atoms with E-state index in [0.29, 0.717) is 40.9 Å². The summed E-state index contributed by atoms with van der Waals surface area (Å²) in [6.07, 6.45) is 4.74. The van der Waals surface area contributed by atoms with Gasteiger partial charge in [0.25, 0.3) is 5.91 Å². The summed E-state index contributed by atoms with van der Waals surface area (Å²) in [6, 6.07) is 5.33. The van der Waals surface area contributed by atoms with Crippen molar-refractivity contribution in [3.8, 4) is 0 Å². The zero-order valence-corrected chi connectivity index (χ0v) is 18.1. The molecule has 10 heteroatoms. The average Bonchev–Trinajstić information content (AvgIpc) is 2.71. The first kappa shape index (κ1) is 24.1. The molecule has 2 rings (SSSR count). The van der Waals surface area contributed by atoms with Crippen LogP contribution < -0.4 is 21.7 Å². The monoisotopic (exact) mass is 455 g/mol. The second-order valence-electron chi connectivity index (χ2n) is 6.90. The molecule has 0 fully saturated rings. The largest absolute Gasteiger partial charge is 0.372 e. The zero-order valence-electron chi connectivity index (χ0n) is 16.6. The third-order valence-corrected chi connectivity index (χ3v) is 5.26. The number of amides is 2. The van der Waals surface area contributed by atoms with Crippen molar-refractivity contribution in [3.63, 3.8) is 0 Å². The normalized spacial score (nSPS) is 16.2. The molecule has 0 spiro atoms. The number of rotatable bonds is 13. The Morgan fingerprint density at radius 2 is 1.97 bits per heavy atom. The summed E-state index contributed by atoms with van der Waals surface area (Å²) in [6.45, 7) is 0.903. The molecule has 1 unspecified atom stereocenters. The predicted octanol–water partition coefficient (Wildman–Crippen LogP) is 2.44. The van der Waals surface area contributed by atoms with Gasteiger partial charge < -0.3 is 26.5 Å². The summed E-state index contributed by atoms with van der Waals surface area (Å²) >= 11 is 11.9. The van der Waals surface area contributed by atoms with E-state index >= 15 is 0 Å². The number of carbonyl (C=O) groups excluding carboxylic acids is 2. The Balaban J connectivity index is 1.76. The molecular weight excluding hydrogens is 429 g/mol. The van der Waals surface area contributed by atoms with Gasteiger partial charge in [0.15, 0.2) is 6.29 Å². The van der Waals surface area contributed by atoms with E-state index < -0.39 is 12.2 Å². The Labute approximate surface area is 186 Å². The van der Waals surface area contributed by atoms with Crippen LogP contribution in [0.2, 0.25) is 10.0 Å². The van der Waals surface area contributed by atoms with Crippen LogP contribution >= 0.6 is 23.2 Å². The number of hydrogen-bond acceptors (Lipinski definition) is 6. The van der Waals surface area contributed by atoms with Gasteiger partial charge in [-0.3, -0.25) is 14.9 Å². The van der Waals surface area contributed by atoms with Crippen LogP contribution in [-0.4, -0.2) is 37.5 Å². The molecule has 1 aliphatic heterocycles. The fraction of sp³-hybridized carbons (Fsp3) is 0.450. The summed E-state index contributed by atoms with van der Waals surface area (Å²) in [7, 11) is 0. The second-order valence-corrected chi connectivity index (χ2v) is 7.71. The highest BCUT2D eigenvalue weighted by Crippen LogP contribution is 2.22. The number of halogens is 2. The highest BCUT2D eigenvalue weighted by Gasteiger charge is 2.24. The van der Waals surface area contributed by atoms with Crippen LogP contribution in [0, 0.1) is 5.41 Å². The Morgan fingerprint density at radius 3 is 2.67 bits per heavy atom. The first-order valence-electron chi connectivity index (χ1n) is 9.75. The summed E-state index contributed by atoms with van der Waals surface area (Å²) in [5.74, 6) is -0.662. The predicted molar refractivity (Wildman–Crippen MR) is 117 cm³/mol. The molecule has 2 amide bonds. The van der Waals surface area contributed by atoms with Gasteiger partial charge in [-0.2, -0.15) is 0 Å². The molecule has 0 aromatic heterocycles. The number of nitrogens with two attached hydrogens (primary N) is 1. The first-order valence-corrected chi connectivity index (χ1v) is 10.5. The molecule has 0 bridgehead atoms. The van der Waals surface area contributed by atoms with E-state index in [9.17, 15) is 9.59 Å². The van der Waals surface area contributed by atoms with Gasteiger partial charge in [-0.25, -0.2) is 0 Å². The van der Waals surface area contributed by atoms with E-state index in [1.54, 1.807) is 12.1 Å². The van der Waals surface area contributed by atoms with E-state index in [0.717, 1.165) is 31.2 Å². The quantitative estimate of drug-likeness (QED) is 0.230. The lowest BCUT2D eigenvalue weighted by Gasteiger charge is -2.29.